The molecule has 13 heavy (non-hydrogen) atoms. The molecule has 0 aromatic rings. The zero-order chi connectivity index (χ0) is 10.9. The molecule has 0 heterocycles. The lowest BCUT2D eigenvalue weighted by Gasteiger charge is -2.26. The van der Waals surface area contributed by atoms with Gasteiger partial charge in [0.15, 0.2) is 0 Å². The summed E-state index contributed by atoms with van der Waals surface area (Å²) in [5.74, 6) is 0. The zero-order valence-corrected chi connectivity index (χ0v) is 10.8. The first-order chi connectivity index (χ1) is 6.11. The molecule has 0 aliphatic rings. The highest BCUT2D eigenvalue weighted by Crippen LogP contribution is 2.02. The second-order valence-corrected chi connectivity index (χ2v) is 3.31. The van der Waals surface area contributed by atoms with Crippen molar-refractivity contribution in [2.24, 2.45) is 0 Å². The van der Waals surface area contributed by atoms with Crippen LogP contribution in [0.2, 0.25) is 0 Å². The molecule has 0 aromatic heterocycles. The zero-order valence-electron chi connectivity index (χ0n) is 9.87. The van der Waals surface area contributed by atoms with Gasteiger partial charge in [-0.05, 0) is 40.2 Å². The standard InChI is InChI=1S/C8H19NOS.C2H6/c1-5-9(7(2)3)6-8(4)10-11;1-2/h7-8,11H,5-6H2,1-4H3;1-2H3/t8-;/m1./s1. The van der Waals surface area contributed by atoms with E-state index in [1.165, 1.54) is 0 Å². The van der Waals surface area contributed by atoms with Crippen molar-refractivity contribution >= 4 is 12.9 Å². The Morgan fingerprint density at radius 3 is 1.92 bits per heavy atom. The van der Waals surface area contributed by atoms with Crippen molar-refractivity contribution < 1.29 is 4.18 Å². The molecule has 0 N–H and O–H groups in total. The van der Waals surface area contributed by atoms with Crippen LogP contribution in [0.15, 0.2) is 0 Å². The van der Waals surface area contributed by atoms with Gasteiger partial charge in [0.2, 0.25) is 0 Å². The van der Waals surface area contributed by atoms with Crippen LogP contribution in [0.3, 0.4) is 0 Å². The van der Waals surface area contributed by atoms with Crippen molar-refractivity contribution in [3.05, 3.63) is 0 Å². The molecule has 0 aliphatic carbocycles. The molecule has 82 valence electrons. The molecule has 0 aliphatic heterocycles. The Labute approximate surface area is 89.3 Å². The Kier molecular flexibility index (Phi) is 12.5. The van der Waals surface area contributed by atoms with Crippen LogP contribution in [-0.2, 0) is 4.18 Å². The van der Waals surface area contributed by atoms with Crippen molar-refractivity contribution in [3.8, 4) is 0 Å². The van der Waals surface area contributed by atoms with Crippen molar-refractivity contribution in [2.75, 3.05) is 13.1 Å². The Balaban J connectivity index is 0. The molecule has 0 saturated carbocycles. The minimum Gasteiger partial charge on any atom is -0.314 e. The van der Waals surface area contributed by atoms with Crippen LogP contribution in [-0.4, -0.2) is 30.1 Å². The van der Waals surface area contributed by atoms with Gasteiger partial charge in [0.25, 0.3) is 0 Å². The molecule has 2 nitrogen and oxygen atoms in total. The van der Waals surface area contributed by atoms with E-state index in [9.17, 15) is 0 Å². The van der Waals surface area contributed by atoms with Gasteiger partial charge in [0, 0.05) is 12.6 Å². The summed E-state index contributed by atoms with van der Waals surface area (Å²) in [5.41, 5.74) is 0. The molecule has 0 bridgehead atoms. The highest BCUT2D eigenvalue weighted by Gasteiger charge is 2.10. The minimum absolute atomic E-state index is 0.209. The van der Waals surface area contributed by atoms with E-state index in [1.807, 2.05) is 20.8 Å². The molecule has 0 fully saturated rings. The highest BCUT2D eigenvalue weighted by atomic mass is 32.1. The maximum atomic E-state index is 4.89. The fraction of sp³-hybridized carbons (Fsp3) is 1.00. The summed E-state index contributed by atoms with van der Waals surface area (Å²) in [4.78, 5) is 2.35. The number of hydrogen-bond donors (Lipinski definition) is 1. The largest absolute Gasteiger partial charge is 0.314 e. The summed E-state index contributed by atoms with van der Waals surface area (Å²) in [6, 6.07) is 0.589. The monoisotopic (exact) mass is 207 g/mol. The minimum atomic E-state index is 0.209. The third kappa shape index (κ3) is 8.60. The number of rotatable bonds is 5. The summed E-state index contributed by atoms with van der Waals surface area (Å²) in [6.07, 6.45) is 0.209. The van der Waals surface area contributed by atoms with Gasteiger partial charge in [-0.3, -0.25) is 4.90 Å². The third-order valence-corrected chi connectivity index (χ3v) is 2.17. The lowest BCUT2D eigenvalue weighted by molar-refractivity contribution is 0.147. The average molecular weight is 207 g/mol. The fourth-order valence-electron chi connectivity index (χ4n) is 1.07. The second-order valence-electron chi connectivity index (χ2n) is 3.10. The van der Waals surface area contributed by atoms with Gasteiger partial charge in [-0.15, -0.1) is 0 Å². The van der Waals surface area contributed by atoms with E-state index in [0.29, 0.717) is 6.04 Å². The summed E-state index contributed by atoms with van der Waals surface area (Å²) >= 11 is 3.77. The first kappa shape index (κ1) is 15.7. The summed E-state index contributed by atoms with van der Waals surface area (Å²) in [5, 5.41) is 0. The fourth-order valence-corrected chi connectivity index (χ4v) is 1.14. The van der Waals surface area contributed by atoms with Crippen molar-refractivity contribution in [2.45, 2.75) is 53.7 Å². The predicted molar refractivity (Wildman–Crippen MR) is 63.3 cm³/mol. The van der Waals surface area contributed by atoms with Gasteiger partial charge < -0.3 is 4.18 Å². The van der Waals surface area contributed by atoms with Crippen LogP contribution < -0.4 is 0 Å². The van der Waals surface area contributed by atoms with E-state index in [-0.39, 0.29) is 6.10 Å². The highest BCUT2D eigenvalue weighted by molar-refractivity contribution is 7.75. The van der Waals surface area contributed by atoms with Crippen molar-refractivity contribution in [1.29, 1.82) is 0 Å². The Morgan fingerprint density at radius 2 is 1.69 bits per heavy atom. The van der Waals surface area contributed by atoms with E-state index in [1.54, 1.807) is 0 Å². The average Bonchev–Trinajstić information content (AvgIpc) is 2.16. The normalized spacial score (nSPS) is 12.7. The summed E-state index contributed by atoms with van der Waals surface area (Å²) in [7, 11) is 0. The molecule has 0 spiro atoms. The van der Waals surface area contributed by atoms with E-state index < -0.39 is 0 Å². The van der Waals surface area contributed by atoms with Gasteiger partial charge in [-0.25, -0.2) is 0 Å². The Morgan fingerprint density at radius 1 is 1.23 bits per heavy atom. The van der Waals surface area contributed by atoms with Crippen LogP contribution in [0.25, 0.3) is 0 Å². The van der Waals surface area contributed by atoms with E-state index in [0.717, 1.165) is 13.1 Å². The summed E-state index contributed by atoms with van der Waals surface area (Å²) in [6.45, 7) is 14.6. The van der Waals surface area contributed by atoms with Gasteiger partial charge in [0.1, 0.15) is 0 Å². The molecule has 0 saturated heterocycles. The van der Waals surface area contributed by atoms with Gasteiger partial charge >= 0.3 is 0 Å². The van der Waals surface area contributed by atoms with Gasteiger partial charge in [0.05, 0.1) is 6.10 Å². The molecule has 1 atom stereocenters. The van der Waals surface area contributed by atoms with Crippen LogP contribution in [0.1, 0.15) is 41.5 Å². The van der Waals surface area contributed by atoms with Gasteiger partial charge in [-0.2, -0.15) is 0 Å². The van der Waals surface area contributed by atoms with Crippen molar-refractivity contribution in [1.82, 2.24) is 4.90 Å². The number of hydrogen-bond acceptors (Lipinski definition) is 3. The number of nitrogens with zero attached hydrogens (tertiary/aromatic N) is 1. The maximum absolute atomic E-state index is 4.89. The molecule has 3 heteroatoms. The van der Waals surface area contributed by atoms with E-state index in [2.05, 4.69) is 38.6 Å². The first-order valence-electron chi connectivity index (χ1n) is 5.16. The molecule has 0 amide bonds. The quantitative estimate of drug-likeness (QED) is 0.549. The topological polar surface area (TPSA) is 12.5 Å². The molecule has 0 rings (SSSR count). The molecule has 0 aromatic carbocycles. The van der Waals surface area contributed by atoms with E-state index >= 15 is 0 Å². The molecule has 0 unspecified atom stereocenters. The van der Waals surface area contributed by atoms with Crippen LogP contribution in [0.5, 0.6) is 0 Å². The molecular formula is C10H25NOS. The Hall–Kier alpha value is 0.270. The smallest absolute Gasteiger partial charge is 0.0817 e. The van der Waals surface area contributed by atoms with E-state index in [4.69, 9.17) is 4.18 Å². The molecule has 0 radical (unpaired) electrons. The SMILES string of the molecule is CC.CCN(C[C@@H](C)OS)C(C)C. The van der Waals surface area contributed by atoms with Crippen molar-refractivity contribution in [3.63, 3.8) is 0 Å². The van der Waals surface area contributed by atoms with Crippen LogP contribution >= 0.6 is 12.9 Å². The Bertz CT molecular complexity index is 98.9. The van der Waals surface area contributed by atoms with Crippen LogP contribution in [0, 0.1) is 0 Å². The summed E-state index contributed by atoms with van der Waals surface area (Å²) < 4.78 is 4.89. The third-order valence-electron chi connectivity index (χ3n) is 1.81. The van der Waals surface area contributed by atoms with Crippen LogP contribution in [0.4, 0.5) is 0 Å². The lowest BCUT2D eigenvalue weighted by atomic mass is 10.3. The number of likely N-dealkylation sites (N-methyl/N-ethyl adjacent to an activating group) is 1. The first-order valence-corrected chi connectivity index (χ1v) is 5.52. The lowest BCUT2D eigenvalue weighted by Crippen LogP contribution is -2.36. The predicted octanol–water partition coefficient (Wildman–Crippen LogP) is 2.99. The van der Waals surface area contributed by atoms with Gasteiger partial charge in [-0.1, -0.05) is 20.8 Å². The number of thiol groups is 1. The molecular weight excluding hydrogens is 182 g/mol. The second kappa shape index (κ2) is 10.4. The maximum Gasteiger partial charge on any atom is 0.0817 e.